The Bertz CT molecular complexity index is 602. The van der Waals surface area contributed by atoms with Gasteiger partial charge in [-0.05, 0) is 42.8 Å². The number of halogens is 1. The summed E-state index contributed by atoms with van der Waals surface area (Å²) in [5.41, 5.74) is 0. The molecule has 1 fully saturated rings. The molecular weight excluding hydrogens is 261 g/mol. The maximum atomic E-state index is 12.7. The fraction of sp³-hybridized carbons (Fsp3) is 0.267. The van der Waals surface area contributed by atoms with Crippen molar-refractivity contribution >= 4 is 5.91 Å². The number of nitrogens with zero attached hydrogens (tertiary/aromatic N) is 1. The third-order valence-corrected chi connectivity index (χ3v) is 3.21. The van der Waals surface area contributed by atoms with Gasteiger partial charge in [-0.25, -0.2) is 4.39 Å². The van der Waals surface area contributed by atoms with E-state index in [1.165, 1.54) is 12.1 Å². The zero-order valence-electron chi connectivity index (χ0n) is 10.8. The summed E-state index contributed by atoms with van der Waals surface area (Å²) in [5.74, 6) is 1.07. The number of hydrogen-bond donors (Lipinski definition) is 0. The number of likely N-dealkylation sites (tertiary alicyclic amines) is 1. The molecule has 1 aliphatic rings. The summed E-state index contributed by atoms with van der Waals surface area (Å²) in [6, 6.07) is 9.13. The van der Waals surface area contributed by atoms with Gasteiger partial charge in [0.25, 0.3) is 5.91 Å². The molecule has 1 saturated heterocycles. The van der Waals surface area contributed by atoms with Gasteiger partial charge in [0.05, 0.1) is 0 Å². The maximum absolute atomic E-state index is 12.7. The molecular formula is C15H14FNO3. The fourth-order valence-corrected chi connectivity index (χ4v) is 1.93. The Kier molecular flexibility index (Phi) is 3.41. The summed E-state index contributed by atoms with van der Waals surface area (Å²) in [6.45, 7) is 1.79. The van der Waals surface area contributed by atoms with Crippen LogP contribution in [0, 0.1) is 5.82 Å². The second-order valence-corrected chi connectivity index (χ2v) is 4.65. The van der Waals surface area contributed by atoms with Crippen LogP contribution in [0.4, 0.5) is 4.39 Å². The first kappa shape index (κ1) is 12.7. The van der Waals surface area contributed by atoms with Crippen molar-refractivity contribution in [1.82, 2.24) is 4.90 Å². The number of hydrogen-bond acceptors (Lipinski definition) is 3. The van der Waals surface area contributed by atoms with Crippen molar-refractivity contribution in [3.8, 4) is 5.75 Å². The molecule has 1 amide bonds. The Morgan fingerprint density at radius 1 is 1.20 bits per heavy atom. The first-order chi connectivity index (χ1) is 9.72. The molecule has 104 valence electrons. The van der Waals surface area contributed by atoms with E-state index in [-0.39, 0.29) is 18.3 Å². The maximum Gasteiger partial charge on any atom is 0.289 e. The number of benzene rings is 1. The number of ether oxygens (including phenoxy) is 1. The van der Waals surface area contributed by atoms with Gasteiger partial charge in [0.2, 0.25) is 0 Å². The van der Waals surface area contributed by atoms with Gasteiger partial charge in [-0.15, -0.1) is 0 Å². The van der Waals surface area contributed by atoms with Crippen LogP contribution in [0.5, 0.6) is 5.75 Å². The summed E-state index contributed by atoms with van der Waals surface area (Å²) in [5, 5.41) is 0. The van der Waals surface area contributed by atoms with Crippen LogP contribution in [0.1, 0.15) is 22.7 Å². The van der Waals surface area contributed by atoms with Crippen molar-refractivity contribution in [2.24, 2.45) is 0 Å². The van der Waals surface area contributed by atoms with Crippen molar-refractivity contribution in [3.05, 3.63) is 53.7 Å². The summed E-state index contributed by atoms with van der Waals surface area (Å²) in [6.07, 6.45) is 1.05. The van der Waals surface area contributed by atoms with Crippen molar-refractivity contribution in [2.75, 3.05) is 13.1 Å². The molecule has 20 heavy (non-hydrogen) atoms. The van der Waals surface area contributed by atoms with E-state index in [9.17, 15) is 9.18 Å². The minimum atomic E-state index is -0.308. The first-order valence-corrected chi connectivity index (χ1v) is 6.49. The molecule has 4 nitrogen and oxygen atoms in total. The monoisotopic (exact) mass is 275 g/mol. The van der Waals surface area contributed by atoms with E-state index in [1.807, 2.05) is 0 Å². The van der Waals surface area contributed by atoms with Crippen LogP contribution in [-0.4, -0.2) is 23.9 Å². The number of furan rings is 1. The lowest BCUT2D eigenvalue weighted by Crippen LogP contribution is -2.41. The Morgan fingerprint density at radius 2 is 1.95 bits per heavy atom. The minimum absolute atomic E-state index is 0.0794. The Morgan fingerprint density at radius 3 is 2.60 bits per heavy atom. The van der Waals surface area contributed by atoms with Crippen LogP contribution in [0.2, 0.25) is 0 Å². The number of rotatable bonds is 4. The lowest BCUT2D eigenvalue weighted by molar-refractivity contribution is 0.0615. The molecule has 1 aromatic carbocycles. The minimum Gasteiger partial charge on any atom is -0.486 e. The summed E-state index contributed by atoms with van der Waals surface area (Å²) in [7, 11) is 0. The Balaban J connectivity index is 1.59. The SMILES string of the molecule is O=C(c1ccc(COc2ccc(F)cc2)o1)N1CCC1. The smallest absolute Gasteiger partial charge is 0.289 e. The van der Waals surface area contributed by atoms with E-state index < -0.39 is 0 Å². The van der Waals surface area contributed by atoms with Crippen LogP contribution in [0.25, 0.3) is 0 Å². The van der Waals surface area contributed by atoms with Gasteiger partial charge in [0.15, 0.2) is 5.76 Å². The second-order valence-electron chi connectivity index (χ2n) is 4.65. The molecule has 0 bridgehead atoms. The van der Waals surface area contributed by atoms with E-state index in [2.05, 4.69) is 0 Å². The zero-order chi connectivity index (χ0) is 13.9. The molecule has 0 atom stereocenters. The Labute approximate surface area is 115 Å². The highest BCUT2D eigenvalue weighted by atomic mass is 19.1. The van der Waals surface area contributed by atoms with E-state index in [4.69, 9.17) is 9.15 Å². The average Bonchev–Trinajstić information content (AvgIpc) is 2.85. The van der Waals surface area contributed by atoms with Crippen molar-refractivity contribution in [1.29, 1.82) is 0 Å². The molecule has 0 N–H and O–H groups in total. The molecule has 0 spiro atoms. The van der Waals surface area contributed by atoms with Gasteiger partial charge in [-0.3, -0.25) is 4.79 Å². The van der Waals surface area contributed by atoms with E-state index in [0.717, 1.165) is 19.5 Å². The highest BCUT2D eigenvalue weighted by Crippen LogP contribution is 2.17. The van der Waals surface area contributed by atoms with E-state index in [1.54, 1.807) is 29.2 Å². The van der Waals surface area contributed by atoms with Crippen LogP contribution in [-0.2, 0) is 6.61 Å². The molecule has 0 radical (unpaired) electrons. The van der Waals surface area contributed by atoms with Crippen LogP contribution >= 0.6 is 0 Å². The number of carbonyl (C=O) groups is 1. The summed E-state index contributed by atoms with van der Waals surface area (Å²) >= 11 is 0. The fourth-order valence-electron chi connectivity index (χ4n) is 1.93. The van der Waals surface area contributed by atoms with E-state index in [0.29, 0.717) is 17.3 Å². The quantitative estimate of drug-likeness (QED) is 0.861. The largest absolute Gasteiger partial charge is 0.486 e. The standard InChI is InChI=1S/C15H14FNO3/c16-11-2-4-12(5-3-11)19-10-13-6-7-14(20-13)15(18)17-8-1-9-17/h2-7H,1,8-10H2. The van der Waals surface area contributed by atoms with Gasteiger partial charge in [0, 0.05) is 13.1 Å². The van der Waals surface area contributed by atoms with Gasteiger partial charge in [0.1, 0.15) is 23.9 Å². The van der Waals surface area contributed by atoms with Crippen LogP contribution in [0.3, 0.4) is 0 Å². The molecule has 5 heteroatoms. The van der Waals surface area contributed by atoms with Crippen molar-refractivity contribution in [3.63, 3.8) is 0 Å². The molecule has 0 saturated carbocycles. The summed E-state index contributed by atoms with van der Waals surface area (Å²) in [4.78, 5) is 13.6. The molecule has 2 heterocycles. The number of amides is 1. The second kappa shape index (κ2) is 5.36. The molecule has 1 aromatic heterocycles. The molecule has 2 aromatic rings. The molecule has 0 unspecified atom stereocenters. The highest BCUT2D eigenvalue weighted by Gasteiger charge is 2.24. The van der Waals surface area contributed by atoms with Gasteiger partial charge in [-0.2, -0.15) is 0 Å². The number of carbonyl (C=O) groups excluding carboxylic acids is 1. The predicted molar refractivity (Wildman–Crippen MR) is 70.0 cm³/mol. The van der Waals surface area contributed by atoms with Gasteiger partial charge < -0.3 is 14.1 Å². The van der Waals surface area contributed by atoms with Gasteiger partial charge in [-0.1, -0.05) is 0 Å². The lowest BCUT2D eigenvalue weighted by atomic mass is 10.2. The van der Waals surface area contributed by atoms with Crippen LogP contribution < -0.4 is 4.74 Å². The molecule has 1 aliphatic heterocycles. The van der Waals surface area contributed by atoms with Crippen molar-refractivity contribution in [2.45, 2.75) is 13.0 Å². The summed E-state index contributed by atoms with van der Waals surface area (Å²) < 4.78 is 23.7. The normalized spacial score (nSPS) is 13.9. The molecule has 0 aliphatic carbocycles. The Hall–Kier alpha value is -2.30. The van der Waals surface area contributed by atoms with Gasteiger partial charge >= 0.3 is 0 Å². The van der Waals surface area contributed by atoms with Crippen molar-refractivity contribution < 1.29 is 18.3 Å². The van der Waals surface area contributed by atoms with E-state index >= 15 is 0 Å². The molecule has 3 rings (SSSR count). The third-order valence-electron chi connectivity index (χ3n) is 3.21. The topological polar surface area (TPSA) is 42.7 Å². The average molecular weight is 275 g/mol. The highest BCUT2D eigenvalue weighted by molar-refractivity contribution is 5.92. The first-order valence-electron chi connectivity index (χ1n) is 6.49. The predicted octanol–water partition coefficient (Wildman–Crippen LogP) is 2.84. The zero-order valence-corrected chi connectivity index (χ0v) is 10.8. The third kappa shape index (κ3) is 2.66. The lowest BCUT2D eigenvalue weighted by Gasteiger charge is -2.29. The van der Waals surface area contributed by atoms with Crippen LogP contribution in [0.15, 0.2) is 40.8 Å².